The number of benzene rings is 2. The van der Waals surface area contributed by atoms with Gasteiger partial charge in [0.05, 0.1) is 6.04 Å². The molecule has 1 atom stereocenters. The molecule has 0 aliphatic heterocycles. The van der Waals surface area contributed by atoms with Crippen LogP contribution in [0.4, 0.5) is 5.69 Å². The molecule has 130 valence electrons. The number of rotatable bonds is 3. The largest absolute Gasteiger partial charge is 0.341 e. The Bertz CT molecular complexity index is 798. The molecule has 0 aromatic heterocycles. The van der Waals surface area contributed by atoms with Gasteiger partial charge in [-0.1, -0.05) is 30.3 Å². The predicted molar refractivity (Wildman–Crippen MR) is 99.5 cm³/mol. The molecule has 2 amide bonds. The number of nitrogens with one attached hydrogen (secondary N) is 2. The molecule has 0 heterocycles. The van der Waals surface area contributed by atoms with Crippen LogP contribution in [-0.2, 0) is 22.4 Å². The lowest BCUT2D eigenvalue weighted by atomic mass is 9.89. The van der Waals surface area contributed by atoms with Crippen molar-refractivity contribution in [2.24, 2.45) is 0 Å². The van der Waals surface area contributed by atoms with Crippen molar-refractivity contribution in [3.63, 3.8) is 0 Å². The fourth-order valence-electron chi connectivity index (χ4n) is 3.28. The van der Waals surface area contributed by atoms with Crippen LogP contribution in [0.15, 0.2) is 42.5 Å². The highest BCUT2D eigenvalue weighted by Gasteiger charge is 2.18. The third kappa shape index (κ3) is 4.27. The van der Waals surface area contributed by atoms with Gasteiger partial charge in [-0.25, -0.2) is 0 Å². The van der Waals surface area contributed by atoms with Crippen molar-refractivity contribution in [1.29, 1.82) is 0 Å². The van der Waals surface area contributed by atoms with E-state index in [9.17, 15) is 9.59 Å². The summed E-state index contributed by atoms with van der Waals surface area (Å²) in [6.07, 6.45) is 4.70. The molecule has 1 unspecified atom stereocenters. The molecule has 1 aliphatic rings. The van der Waals surface area contributed by atoms with Gasteiger partial charge in [-0.2, -0.15) is 0 Å². The lowest BCUT2D eigenvalue weighted by molar-refractivity contribution is -0.136. The second-order valence-corrected chi connectivity index (χ2v) is 6.75. The summed E-state index contributed by atoms with van der Waals surface area (Å²) in [6.45, 7) is 3.84. The standard InChI is InChI=1S/C21H24N2O2/c1-14-6-5-9-19(12-14)23-21(25)20(24)22-15(2)17-11-10-16-7-3-4-8-18(16)13-17/h5-6,9-13,15H,3-4,7-8H2,1-2H3,(H,22,24)(H,23,25). The monoisotopic (exact) mass is 336 g/mol. The van der Waals surface area contributed by atoms with E-state index in [0.717, 1.165) is 24.0 Å². The van der Waals surface area contributed by atoms with Crippen LogP contribution >= 0.6 is 0 Å². The number of amides is 2. The van der Waals surface area contributed by atoms with Gasteiger partial charge in [-0.15, -0.1) is 0 Å². The lowest BCUT2D eigenvalue weighted by Gasteiger charge is -2.20. The van der Waals surface area contributed by atoms with Crippen LogP contribution in [-0.4, -0.2) is 11.8 Å². The van der Waals surface area contributed by atoms with Crippen molar-refractivity contribution in [2.75, 3.05) is 5.32 Å². The minimum absolute atomic E-state index is 0.206. The second kappa shape index (κ2) is 7.51. The first kappa shape index (κ1) is 17.2. The van der Waals surface area contributed by atoms with Crippen LogP contribution in [0.5, 0.6) is 0 Å². The van der Waals surface area contributed by atoms with Crippen molar-refractivity contribution >= 4 is 17.5 Å². The first-order valence-electron chi connectivity index (χ1n) is 8.83. The van der Waals surface area contributed by atoms with E-state index in [4.69, 9.17) is 0 Å². The first-order chi connectivity index (χ1) is 12.0. The smallest absolute Gasteiger partial charge is 0.313 e. The molecule has 3 rings (SSSR count). The van der Waals surface area contributed by atoms with Crippen LogP contribution in [0.2, 0.25) is 0 Å². The number of aryl methyl sites for hydroxylation is 3. The van der Waals surface area contributed by atoms with Crippen molar-refractivity contribution in [2.45, 2.75) is 45.6 Å². The predicted octanol–water partition coefficient (Wildman–Crippen LogP) is 3.69. The summed E-state index contributed by atoms with van der Waals surface area (Å²) in [7, 11) is 0. The summed E-state index contributed by atoms with van der Waals surface area (Å²) < 4.78 is 0. The van der Waals surface area contributed by atoms with E-state index in [1.54, 1.807) is 6.07 Å². The van der Waals surface area contributed by atoms with Gasteiger partial charge >= 0.3 is 11.8 Å². The third-order valence-corrected chi connectivity index (χ3v) is 4.70. The van der Waals surface area contributed by atoms with E-state index in [-0.39, 0.29) is 6.04 Å². The number of hydrogen-bond donors (Lipinski definition) is 2. The van der Waals surface area contributed by atoms with Crippen LogP contribution in [0.25, 0.3) is 0 Å². The molecule has 2 N–H and O–H groups in total. The van der Waals surface area contributed by atoms with Crippen molar-refractivity contribution in [3.05, 3.63) is 64.7 Å². The number of anilines is 1. The minimum atomic E-state index is -0.643. The highest BCUT2D eigenvalue weighted by molar-refractivity contribution is 6.39. The van der Waals surface area contributed by atoms with Gasteiger partial charge in [0.2, 0.25) is 0 Å². The van der Waals surface area contributed by atoms with Crippen molar-refractivity contribution in [1.82, 2.24) is 5.32 Å². The zero-order chi connectivity index (χ0) is 17.8. The fourth-order valence-corrected chi connectivity index (χ4v) is 3.28. The summed E-state index contributed by atoms with van der Waals surface area (Å²) in [4.78, 5) is 24.3. The molecule has 0 saturated carbocycles. The Hall–Kier alpha value is -2.62. The van der Waals surface area contributed by atoms with E-state index in [2.05, 4.69) is 22.8 Å². The van der Waals surface area contributed by atoms with E-state index >= 15 is 0 Å². The van der Waals surface area contributed by atoms with E-state index in [1.807, 2.05) is 38.1 Å². The Kier molecular flexibility index (Phi) is 5.17. The molecule has 1 aliphatic carbocycles. The van der Waals surface area contributed by atoms with Crippen molar-refractivity contribution < 1.29 is 9.59 Å². The summed E-state index contributed by atoms with van der Waals surface area (Å²) in [5.74, 6) is -1.26. The Morgan fingerprint density at radius 3 is 2.48 bits per heavy atom. The highest BCUT2D eigenvalue weighted by Crippen LogP contribution is 2.24. The fraction of sp³-hybridized carbons (Fsp3) is 0.333. The highest BCUT2D eigenvalue weighted by atomic mass is 16.2. The molecule has 2 aromatic carbocycles. The van der Waals surface area contributed by atoms with Gasteiger partial charge in [0, 0.05) is 5.69 Å². The number of fused-ring (bicyclic) bond motifs is 1. The Morgan fingerprint density at radius 1 is 0.960 bits per heavy atom. The van der Waals surface area contributed by atoms with Gasteiger partial charge in [-0.05, 0) is 73.9 Å². The molecule has 0 radical (unpaired) electrons. The van der Waals surface area contributed by atoms with Crippen molar-refractivity contribution in [3.8, 4) is 0 Å². The van der Waals surface area contributed by atoms with Gasteiger partial charge in [0.15, 0.2) is 0 Å². The van der Waals surface area contributed by atoms with Gasteiger partial charge in [0.25, 0.3) is 0 Å². The molecule has 2 aromatic rings. The van der Waals surface area contributed by atoms with Gasteiger partial charge in [0.1, 0.15) is 0 Å². The van der Waals surface area contributed by atoms with E-state index in [1.165, 1.54) is 24.0 Å². The Morgan fingerprint density at radius 2 is 1.72 bits per heavy atom. The molecular weight excluding hydrogens is 312 g/mol. The van der Waals surface area contributed by atoms with Crippen LogP contribution < -0.4 is 10.6 Å². The average molecular weight is 336 g/mol. The zero-order valence-electron chi connectivity index (χ0n) is 14.8. The maximum atomic E-state index is 12.2. The maximum absolute atomic E-state index is 12.2. The molecule has 4 heteroatoms. The molecule has 0 spiro atoms. The van der Waals surface area contributed by atoms with Gasteiger partial charge in [-0.3, -0.25) is 9.59 Å². The normalized spacial score (nSPS) is 14.3. The number of carbonyl (C=O) groups is 2. The van der Waals surface area contributed by atoms with Crippen LogP contribution in [0, 0.1) is 6.92 Å². The molecule has 0 bridgehead atoms. The molecule has 4 nitrogen and oxygen atoms in total. The summed E-state index contributed by atoms with van der Waals surface area (Å²) in [6, 6.07) is 13.5. The van der Waals surface area contributed by atoms with E-state index < -0.39 is 11.8 Å². The van der Waals surface area contributed by atoms with Gasteiger partial charge < -0.3 is 10.6 Å². The lowest BCUT2D eigenvalue weighted by Crippen LogP contribution is -2.37. The average Bonchev–Trinajstić information content (AvgIpc) is 2.61. The molecule has 0 fully saturated rings. The number of hydrogen-bond acceptors (Lipinski definition) is 2. The first-order valence-corrected chi connectivity index (χ1v) is 8.83. The minimum Gasteiger partial charge on any atom is -0.341 e. The third-order valence-electron chi connectivity index (χ3n) is 4.70. The summed E-state index contributed by atoms with van der Waals surface area (Å²) >= 11 is 0. The molecule has 0 saturated heterocycles. The summed E-state index contributed by atoms with van der Waals surface area (Å²) in [5, 5.41) is 5.42. The summed E-state index contributed by atoms with van der Waals surface area (Å²) in [5.41, 5.74) is 5.47. The maximum Gasteiger partial charge on any atom is 0.313 e. The van der Waals surface area contributed by atoms with E-state index in [0.29, 0.717) is 5.69 Å². The SMILES string of the molecule is Cc1cccc(NC(=O)C(=O)NC(C)c2ccc3c(c2)CCCC3)c1. The second-order valence-electron chi connectivity index (χ2n) is 6.75. The zero-order valence-corrected chi connectivity index (χ0v) is 14.8. The van der Waals surface area contributed by atoms with Crippen LogP contribution in [0.1, 0.15) is 48.1 Å². The number of carbonyl (C=O) groups excluding carboxylic acids is 2. The molecule has 25 heavy (non-hydrogen) atoms. The molecular formula is C21H24N2O2. The Balaban J connectivity index is 1.62. The topological polar surface area (TPSA) is 58.2 Å². The van der Waals surface area contributed by atoms with Crippen LogP contribution in [0.3, 0.4) is 0 Å². The quantitative estimate of drug-likeness (QED) is 0.840. The Labute approximate surface area is 148 Å².